The number of halogens is 1. The number of benzene rings is 1. The minimum atomic E-state index is 0.0860. The van der Waals surface area contributed by atoms with E-state index >= 15 is 0 Å². The molecule has 3 N–H and O–H groups in total. The monoisotopic (exact) mass is 313 g/mol. The van der Waals surface area contributed by atoms with Crippen LogP contribution in [0.2, 0.25) is 0 Å². The summed E-state index contributed by atoms with van der Waals surface area (Å²) < 4.78 is 6.72. The van der Waals surface area contributed by atoms with Gasteiger partial charge in [-0.15, -0.1) is 0 Å². The number of nitrogens with zero attached hydrogens (tertiary/aromatic N) is 2. The van der Waals surface area contributed by atoms with Gasteiger partial charge in [0.15, 0.2) is 5.84 Å². The molecule has 2 rings (SSSR count). The molecule has 0 saturated carbocycles. The van der Waals surface area contributed by atoms with Crippen molar-refractivity contribution in [2.75, 3.05) is 20.1 Å². The largest absolute Gasteiger partial charge is 0.488 e. The molecule has 1 aromatic carbocycles. The Morgan fingerprint density at radius 1 is 1.61 bits per heavy atom. The maximum absolute atomic E-state index is 8.62. The van der Waals surface area contributed by atoms with Crippen LogP contribution in [0.4, 0.5) is 0 Å². The molecule has 0 spiro atoms. The van der Waals surface area contributed by atoms with E-state index in [1.807, 2.05) is 6.07 Å². The summed E-state index contributed by atoms with van der Waals surface area (Å²) in [6.07, 6.45) is 1.26. The van der Waals surface area contributed by atoms with Gasteiger partial charge in [-0.05, 0) is 47.6 Å². The molecule has 6 heteroatoms. The first kappa shape index (κ1) is 13.2. The van der Waals surface area contributed by atoms with Crippen LogP contribution >= 0.6 is 15.9 Å². The van der Waals surface area contributed by atoms with Crippen LogP contribution in [-0.4, -0.2) is 42.2 Å². The number of nitrogens with two attached hydrogens (primary N) is 1. The summed E-state index contributed by atoms with van der Waals surface area (Å²) in [5.74, 6) is 0.868. The quantitative estimate of drug-likeness (QED) is 0.385. The highest BCUT2D eigenvalue weighted by Crippen LogP contribution is 2.28. The zero-order valence-corrected chi connectivity index (χ0v) is 11.7. The summed E-state index contributed by atoms with van der Waals surface area (Å²) in [5, 5.41) is 11.6. The smallest absolute Gasteiger partial charge is 0.170 e. The Hall–Kier alpha value is -1.27. The molecule has 1 atom stereocenters. The predicted octanol–water partition coefficient (Wildman–Crippen LogP) is 1.63. The Morgan fingerprint density at radius 3 is 2.94 bits per heavy atom. The van der Waals surface area contributed by atoms with E-state index in [1.165, 1.54) is 0 Å². The molecule has 18 heavy (non-hydrogen) atoms. The number of hydrogen-bond donors (Lipinski definition) is 2. The van der Waals surface area contributed by atoms with Crippen molar-refractivity contribution in [3.63, 3.8) is 0 Å². The number of likely N-dealkylation sites (N-methyl/N-ethyl adjacent to an activating group) is 1. The van der Waals surface area contributed by atoms with Crippen LogP contribution in [0.25, 0.3) is 0 Å². The van der Waals surface area contributed by atoms with Crippen molar-refractivity contribution in [3.8, 4) is 5.75 Å². The van der Waals surface area contributed by atoms with Crippen LogP contribution in [0.3, 0.4) is 0 Å². The average Bonchev–Trinajstić information content (AvgIpc) is 2.76. The average molecular weight is 314 g/mol. The summed E-state index contributed by atoms with van der Waals surface area (Å²) in [4.78, 5) is 2.24. The van der Waals surface area contributed by atoms with E-state index in [4.69, 9.17) is 15.7 Å². The van der Waals surface area contributed by atoms with Crippen LogP contribution in [0.1, 0.15) is 12.0 Å². The molecule has 0 bridgehead atoms. The molecule has 1 saturated heterocycles. The van der Waals surface area contributed by atoms with Crippen LogP contribution in [0, 0.1) is 0 Å². The van der Waals surface area contributed by atoms with Crippen molar-refractivity contribution in [2.45, 2.75) is 12.5 Å². The fraction of sp³-hybridized carbons (Fsp3) is 0.417. The number of oxime groups is 1. The second-order valence-electron chi connectivity index (χ2n) is 4.42. The first-order valence-corrected chi connectivity index (χ1v) is 6.52. The molecule has 1 aromatic rings. The van der Waals surface area contributed by atoms with Gasteiger partial charge in [-0.3, -0.25) is 0 Å². The van der Waals surface area contributed by atoms with Crippen LogP contribution in [0.15, 0.2) is 27.8 Å². The maximum Gasteiger partial charge on any atom is 0.170 e. The fourth-order valence-electron chi connectivity index (χ4n) is 1.98. The topological polar surface area (TPSA) is 71.1 Å². The molecular formula is C12H16BrN3O2. The molecule has 5 nitrogen and oxygen atoms in total. The second-order valence-corrected chi connectivity index (χ2v) is 5.28. The van der Waals surface area contributed by atoms with E-state index in [1.54, 1.807) is 12.1 Å². The first-order valence-electron chi connectivity index (χ1n) is 5.73. The lowest BCUT2D eigenvalue weighted by Gasteiger charge is -2.15. The molecule has 0 amide bonds. The van der Waals surface area contributed by atoms with Crippen molar-refractivity contribution >= 4 is 21.8 Å². The SMILES string of the molecule is CN1CCC(Oc2ccc(/C(N)=N/O)cc2Br)C1. The summed E-state index contributed by atoms with van der Waals surface area (Å²) >= 11 is 3.44. The van der Waals surface area contributed by atoms with Gasteiger partial charge in [0.2, 0.25) is 0 Å². The third kappa shape index (κ3) is 2.94. The van der Waals surface area contributed by atoms with Crippen LogP contribution in [0.5, 0.6) is 5.75 Å². The molecular weight excluding hydrogens is 298 g/mol. The van der Waals surface area contributed by atoms with E-state index in [0.717, 1.165) is 29.7 Å². The Labute approximate surface area is 114 Å². The van der Waals surface area contributed by atoms with Gasteiger partial charge in [0.1, 0.15) is 11.9 Å². The lowest BCUT2D eigenvalue weighted by Crippen LogP contribution is -2.21. The minimum Gasteiger partial charge on any atom is -0.488 e. The molecule has 98 valence electrons. The molecule has 0 aliphatic carbocycles. The lowest BCUT2D eigenvalue weighted by molar-refractivity contribution is 0.207. The van der Waals surface area contributed by atoms with E-state index in [2.05, 4.69) is 33.0 Å². The number of likely N-dealkylation sites (tertiary alicyclic amines) is 1. The van der Waals surface area contributed by atoms with Gasteiger partial charge >= 0.3 is 0 Å². The van der Waals surface area contributed by atoms with Crippen molar-refractivity contribution in [3.05, 3.63) is 28.2 Å². The molecule has 1 aliphatic rings. The highest BCUT2D eigenvalue weighted by atomic mass is 79.9. The van der Waals surface area contributed by atoms with Crippen molar-refractivity contribution in [1.82, 2.24) is 4.90 Å². The molecule has 1 unspecified atom stereocenters. The number of hydrogen-bond acceptors (Lipinski definition) is 4. The van der Waals surface area contributed by atoms with Crippen molar-refractivity contribution < 1.29 is 9.94 Å². The molecule has 0 radical (unpaired) electrons. The first-order chi connectivity index (χ1) is 8.60. The van der Waals surface area contributed by atoms with Crippen LogP contribution in [-0.2, 0) is 0 Å². The second kappa shape index (κ2) is 5.58. The molecule has 1 fully saturated rings. The number of rotatable bonds is 3. The fourth-order valence-corrected chi connectivity index (χ4v) is 2.46. The highest BCUT2D eigenvalue weighted by molar-refractivity contribution is 9.10. The Balaban J connectivity index is 2.10. The molecule has 1 heterocycles. The summed E-state index contributed by atoms with van der Waals surface area (Å²) in [6.45, 7) is 2.00. The predicted molar refractivity (Wildman–Crippen MR) is 73.2 cm³/mol. The minimum absolute atomic E-state index is 0.0860. The third-order valence-corrected chi connectivity index (χ3v) is 3.60. The van der Waals surface area contributed by atoms with E-state index in [-0.39, 0.29) is 11.9 Å². The van der Waals surface area contributed by atoms with Crippen molar-refractivity contribution in [2.24, 2.45) is 10.9 Å². The Morgan fingerprint density at radius 2 is 2.39 bits per heavy atom. The summed E-state index contributed by atoms with van der Waals surface area (Å²) in [6, 6.07) is 5.38. The normalized spacial score (nSPS) is 21.2. The van der Waals surface area contributed by atoms with E-state index in [9.17, 15) is 0 Å². The Kier molecular flexibility index (Phi) is 4.08. The van der Waals surface area contributed by atoms with Gasteiger partial charge in [0, 0.05) is 18.7 Å². The van der Waals surface area contributed by atoms with E-state index in [0.29, 0.717) is 5.56 Å². The summed E-state index contributed by atoms with van der Waals surface area (Å²) in [7, 11) is 2.08. The van der Waals surface area contributed by atoms with Gasteiger partial charge in [-0.25, -0.2) is 0 Å². The van der Waals surface area contributed by atoms with E-state index < -0.39 is 0 Å². The number of amidine groups is 1. The van der Waals surface area contributed by atoms with Gasteiger partial charge in [-0.1, -0.05) is 5.16 Å². The highest BCUT2D eigenvalue weighted by Gasteiger charge is 2.21. The summed E-state index contributed by atoms with van der Waals surface area (Å²) in [5.41, 5.74) is 6.18. The van der Waals surface area contributed by atoms with Gasteiger partial charge < -0.3 is 20.6 Å². The Bertz CT molecular complexity index is 465. The number of ether oxygens (including phenoxy) is 1. The van der Waals surface area contributed by atoms with Crippen LogP contribution < -0.4 is 10.5 Å². The van der Waals surface area contributed by atoms with Gasteiger partial charge in [0.05, 0.1) is 4.47 Å². The van der Waals surface area contributed by atoms with Crippen molar-refractivity contribution in [1.29, 1.82) is 0 Å². The molecule has 1 aliphatic heterocycles. The van der Waals surface area contributed by atoms with Gasteiger partial charge in [-0.2, -0.15) is 0 Å². The molecule has 0 aromatic heterocycles. The van der Waals surface area contributed by atoms with Gasteiger partial charge in [0.25, 0.3) is 0 Å². The lowest BCUT2D eigenvalue weighted by atomic mass is 10.2. The standard InChI is InChI=1S/C12H16BrN3O2/c1-16-5-4-9(7-16)18-11-3-2-8(6-10(11)13)12(14)15-17/h2-3,6,9,17H,4-5,7H2,1H3,(H2,14,15). The maximum atomic E-state index is 8.62. The third-order valence-electron chi connectivity index (χ3n) is 2.98. The zero-order chi connectivity index (χ0) is 13.1. The zero-order valence-electron chi connectivity index (χ0n) is 10.1.